The van der Waals surface area contributed by atoms with Gasteiger partial charge in [0.2, 0.25) is 0 Å². The van der Waals surface area contributed by atoms with Crippen molar-refractivity contribution in [2.45, 2.75) is 0 Å². The molecule has 0 fully saturated rings. The van der Waals surface area contributed by atoms with Gasteiger partial charge in [0.25, 0.3) is 11.8 Å². The smallest absolute Gasteiger partial charge is 0.294 e. The minimum Gasteiger partial charge on any atom is -0.493 e. The first-order chi connectivity index (χ1) is 12.2. The zero-order chi connectivity index (χ0) is 17.6. The van der Waals surface area contributed by atoms with Crippen LogP contribution in [0.25, 0.3) is 5.69 Å². The summed E-state index contributed by atoms with van der Waals surface area (Å²) >= 11 is 0. The summed E-state index contributed by atoms with van der Waals surface area (Å²) in [6, 6.07) is 12.5. The number of methoxy groups -OCH3 is 1. The SMILES string of the molecule is COc1cn(-c2ccccc2)nc1C(=O)NNC(=O)c1cccnc1. The molecule has 8 nitrogen and oxygen atoms in total. The molecule has 25 heavy (non-hydrogen) atoms. The van der Waals surface area contributed by atoms with Gasteiger partial charge in [0.1, 0.15) is 0 Å². The van der Waals surface area contributed by atoms with Crippen molar-refractivity contribution in [2.24, 2.45) is 0 Å². The Balaban J connectivity index is 1.74. The van der Waals surface area contributed by atoms with Crippen LogP contribution in [0.15, 0.2) is 61.1 Å². The van der Waals surface area contributed by atoms with Crippen LogP contribution in [0.4, 0.5) is 0 Å². The normalized spacial score (nSPS) is 10.1. The number of para-hydroxylation sites is 1. The summed E-state index contributed by atoms with van der Waals surface area (Å²) in [7, 11) is 1.44. The van der Waals surface area contributed by atoms with Gasteiger partial charge in [-0.25, -0.2) is 4.68 Å². The molecule has 0 aliphatic heterocycles. The highest BCUT2D eigenvalue weighted by atomic mass is 16.5. The van der Waals surface area contributed by atoms with Crippen LogP contribution >= 0.6 is 0 Å². The molecule has 1 aromatic carbocycles. The summed E-state index contributed by atoms with van der Waals surface area (Å²) in [5.74, 6) is -0.788. The van der Waals surface area contributed by atoms with E-state index in [1.54, 1.807) is 24.5 Å². The lowest BCUT2D eigenvalue weighted by Crippen LogP contribution is -2.42. The van der Waals surface area contributed by atoms with E-state index in [1.807, 2.05) is 30.3 Å². The van der Waals surface area contributed by atoms with Gasteiger partial charge in [-0.15, -0.1) is 0 Å². The summed E-state index contributed by atoms with van der Waals surface area (Å²) in [6.45, 7) is 0. The number of hydrogen-bond acceptors (Lipinski definition) is 5. The highest BCUT2D eigenvalue weighted by Gasteiger charge is 2.19. The van der Waals surface area contributed by atoms with Crippen LogP contribution in [-0.2, 0) is 0 Å². The number of hydrogen-bond donors (Lipinski definition) is 2. The molecule has 2 N–H and O–H groups in total. The van der Waals surface area contributed by atoms with Crippen molar-refractivity contribution in [3.8, 4) is 11.4 Å². The Bertz CT molecular complexity index is 878. The van der Waals surface area contributed by atoms with Crippen LogP contribution in [0.5, 0.6) is 5.75 Å². The number of amides is 2. The van der Waals surface area contributed by atoms with E-state index >= 15 is 0 Å². The molecule has 0 aliphatic rings. The number of aromatic nitrogens is 3. The number of hydrazine groups is 1. The second-order valence-corrected chi connectivity index (χ2v) is 4.98. The number of rotatable bonds is 4. The Hall–Kier alpha value is -3.68. The summed E-state index contributed by atoms with van der Waals surface area (Å²) < 4.78 is 6.72. The van der Waals surface area contributed by atoms with E-state index < -0.39 is 11.8 Å². The van der Waals surface area contributed by atoms with Crippen LogP contribution in [0.1, 0.15) is 20.8 Å². The van der Waals surface area contributed by atoms with Gasteiger partial charge in [-0.05, 0) is 24.3 Å². The van der Waals surface area contributed by atoms with E-state index in [1.165, 1.54) is 18.0 Å². The van der Waals surface area contributed by atoms with Crippen LogP contribution in [-0.4, -0.2) is 33.7 Å². The largest absolute Gasteiger partial charge is 0.493 e. The van der Waals surface area contributed by atoms with Gasteiger partial charge in [-0.3, -0.25) is 25.4 Å². The fourth-order valence-corrected chi connectivity index (χ4v) is 2.12. The summed E-state index contributed by atoms with van der Waals surface area (Å²) in [5, 5.41) is 4.22. The molecule has 0 saturated carbocycles. The Morgan fingerprint density at radius 3 is 2.48 bits per heavy atom. The van der Waals surface area contributed by atoms with Gasteiger partial charge in [-0.2, -0.15) is 5.10 Å². The molecule has 2 amide bonds. The van der Waals surface area contributed by atoms with Crippen LogP contribution in [0.3, 0.4) is 0 Å². The number of carbonyl (C=O) groups is 2. The van der Waals surface area contributed by atoms with E-state index in [0.717, 1.165) is 5.69 Å². The molecule has 0 spiro atoms. The van der Waals surface area contributed by atoms with E-state index in [0.29, 0.717) is 5.56 Å². The molecule has 0 aliphatic carbocycles. The predicted octanol–water partition coefficient (Wildman–Crippen LogP) is 1.35. The third-order valence-corrected chi connectivity index (χ3v) is 3.35. The van der Waals surface area contributed by atoms with Crippen LogP contribution in [0, 0.1) is 0 Å². The second kappa shape index (κ2) is 7.26. The lowest BCUT2D eigenvalue weighted by atomic mass is 10.3. The summed E-state index contributed by atoms with van der Waals surface area (Å²) in [6.07, 6.45) is 4.54. The van der Waals surface area contributed by atoms with Crippen molar-refractivity contribution >= 4 is 11.8 Å². The Labute approximate surface area is 143 Å². The number of nitrogens with one attached hydrogen (secondary N) is 2. The molecule has 0 saturated heterocycles. The van der Waals surface area contributed by atoms with Gasteiger partial charge in [0.15, 0.2) is 11.4 Å². The Morgan fingerprint density at radius 1 is 1.04 bits per heavy atom. The maximum Gasteiger partial charge on any atom is 0.294 e. The molecular weight excluding hydrogens is 322 g/mol. The molecule has 0 bridgehead atoms. The van der Waals surface area contributed by atoms with Gasteiger partial charge in [0, 0.05) is 12.4 Å². The molecule has 126 valence electrons. The summed E-state index contributed by atoms with van der Waals surface area (Å²) in [4.78, 5) is 28.1. The van der Waals surface area contributed by atoms with Gasteiger partial charge < -0.3 is 4.74 Å². The van der Waals surface area contributed by atoms with E-state index in [-0.39, 0.29) is 11.4 Å². The average molecular weight is 337 g/mol. The zero-order valence-electron chi connectivity index (χ0n) is 13.3. The number of pyridine rings is 1. The van der Waals surface area contributed by atoms with Gasteiger partial charge >= 0.3 is 0 Å². The maximum atomic E-state index is 12.3. The average Bonchev–Trinajstić information content (AvgIpc) is 3.12. The Morgan fingerprint density at radius 2 is 1.80 bits per heavy atom. The number of ether oxygens (including phenoxy) is 1. The number of carbonyl (C=O) groups excluding carboxylic acids is 2. The molecule has 0 atom stereocenters. The fourth-order valence-electron chi connectivity index (χ4n) is 2.12. The van der Waals surface area contributed by atoms with Crippen LogP contribution in [0.2, 0.25) is 0 Å². The number of benzene rings is 1. The highest BCUT2D eigenvalue weighted by molar-refractivity contribution is 5.99. The van der Waals surface area contributed by atoms with E-state index in [2.05, 4.69) is 20.9 Å². The monoisotopic (exact) mass is 337 g/mol. The third kappa shape index (κ3) is 3.63. The van der Waals surface area contributed by atoms with E-state index in [9.17, 15) is 9.59 Å². The molecule has 3 rings (SSSR count). The first-order valence-corrected chi connectivity index (χ1v) is 7.39. The quantitative estimate of drug-likeness (QED) is 0.700. The molecule has 0 unspecified atom stereocenters. The second-order valence-electron chi connectivity index (χ2n) is 4.98. The number of nitrogens with zero attached hydrogens (tertiary/aromatic N) is 3. The highest BCUT2D eigenvalue weighted by Crippen LogP contribution is 2.19. The third-order valence-electron chi connectivity index (χ3n) is 3.35. The molecule has 0 radical (unpaired) electrons. The molecule has 2 heterocycles. The standard InChI is InChI=1S/C17H15N5O3/c1-25-14-11-22(13-7-3-2-4-8-13)21-15(14)17(24)20-19-16(23)12-6-5-9-18-10-12/h2-11H,1H3,(H,19,23)(H,20,24). The minimum atomic E-state index is -0.594. The molecule has 8 heteroatoms. The van der Waals surface area contributed by atoms with Crippen molar-refractivity contribution in [3.63, 3.8) is 0 Å². The molecule has 2 aromatic heterocycles. The lowest BCUT2D eigenvalue weighted by molar-refractivity contribution is 0.0841. The lowest BCUT2D eigenvalue weighted by Gasteiger charge is -2.06. The van der Waals surface area contributed by atoms with Gasteiger partial charge in [0.05, 0.1) is 24.6 Å². The van der Waals surface area contributed by atoms with Crippen molar-refractivity contribution in [1.82, 2.24) is 25.6 Å². The van der Waals surface area contributed by atoms with Crippen molar-refractivity contribution < 1.29 is 14.3 Å². The topological polar surface area (TPSA) is 98.1 Å². The molecular formula is C17H15N5O3. The Kier molecular flexibility index (Phi) is 4.70. The summed E-state index contributed by atoms with van der Waals surface area (Å²) in [5.41, 5.74) is 5.78. The van der Waals surface area contributed by atoms with Crippen molar-refractivity contribution in [1.29, 1.82) is 0 Å². The first kappa shape index (κ1) is 16.2. The maximum absolute atomic E-state index is 12.3. The fraction of sp³-hybridized carbons (Fsp3) is 0.0588. The first-order valence-electron chi connectivity index (χ1n) is 7.39. The van der Waals surface area contributed by atoms with Crippen molar-refractivity contribution in [3.05, 3.63) is 72.3 Å². The van der Waals surface area contributed by atoms with Gasteiger partial charge in [-0.1, -0.05) is 18.2 Å². The van der Waals surface area contributed by atoms with Crippen molar-refractivity contribution in [2.75, 3.05) is 7.11 Å². The predicted molar refractivity (Wildman–Crippen MR) is 89.3 cm³/mol. The molecule has 3 aromatic rings. The zero-order valence-corrected chi connectivity index (χ0v) is 13.3. The van der Waals surface area contributed by atoms with Crippen LogP contribution < -0.4 is 15.6 Å². The van der Waals surface area contributed by atoms with E-state index in [4.69, 9.17) is 4.74 Å². The minimum absolute atomic E-state index is 0.0536.